The van der Waals surface area contributed by atoms with Gasteiger partial charge in [0.2, 0.25) is 0 Å². The molecule has 4 aromatic rings. The maximum absolute atomic E-state index is 12.4. The van der Waals surface area contributed by atoms with Crippen molar-refractivity contribution in [3.05, 3.63) is 52.7 Å². The molecule has 0 spiro atoms. The first-order valence-electron chi connectivity index (χ1n) is 8.92. The topological polar surface area (TPSA) is 106 Å². The number of piperidine rings is 1. The molecule has 4 aromatic heterocycles. The predicted octanol–water partition coefficient (Wildman–Crippen LogP) is 2.31. The number of rotatable bonds is 2. The Balaban J connectivity index is 1.55. The van der Waals surface area contributed by atoms with Crippen molar-refractivity contribution < 1.29 is 0 Å². The normalized spacial score (nSPS) is 17.4. The summed E-state index contributed by atoms with van der Waals surface area (Å²) in [4.78, 5) is 26.5. The third-order valence-electron chi connectivity index (χ3n) is 5.23. The van der Waals surface area contributed by atoms with Crippen LogP contribution in [-0.4, -0.2) is 37.8 Å². The first kappa shape index (κ1) is 15.6. The van der Waals surface area contributed by atoms with Gasteiger partial charge in [-0.3, -0.25) is 14.6 Å². The molecule has 0 aromatic carbocycles. The summed E-state index contributed by atoms with van der Waals surface area (Å²) in [7, 11) is 0. The van der Waals surface area contributed by atoms with Crippen LogP contribution in [-0.2, 0) is 0 Å². The molecule has 0 amide bonds. The molecule has 0 saturated carbocycles. The van der Waals surface area contributed by atoms with Gasteiger partial charge in [0.15, 0.2) is 0 Å². The number of anilines is 1. The molecule has 1 aliphatic rings. The van der Waals surface area contributed by atoms with Crippen LogP contribution >= 0.6 is 0 Å². The molecule has 0 bridgehead atoms. The van der Waals surface area contributed by atoms with Crippen molar-refractivity contribution in [2.24, 2.45) is 0 Å². The predicted molar refractivity (Wildman–Crippen MR) is 102 cm³/mol. The van der Waals surface area contributed by atoms with Crippen LogP contribution in [0.4, 0.5) is 5.82 Å². The third-order valence-corrected chi connectivity index (χ3v) is 5.23. The number of nitrogens with one attached hydrogen (secondary N) is 2. The molecular weight excluding hydrogens is 342 g/mol. The van der Waals surface area contributed by atoms with Crippen molar-refractivity contribution in [1.82, 2.24) is 24.7 Å². The number of pyridine rings is 2. The van der Waals surface area contributed by atoms with E-state index in [-0.39, 0.29) is 11.6 Å². The minimum Gasteiger partial charge on any atom is -0.354 e. The van der Waals surface area contributed by atoms with Gasteiger partial charge < -0.3 is 9.88 Å². The lowest BCUT2D eigenvalue weighted by Gasteiger charge is -2.34. The molecular formula is C19H17N7O. The lowest BCUT2D eigenvalue weighted by atomic mass is 10.1. The van der Waals surface area contributed by atoms with Crippen molar-refractivity contribution in [3.63, 3.8) is 0 Å². The monoisotopic (exact) mass is 359 g/mol. The fourth-order valence-corrected chi connectivity index (χ4v) is 3.93. The van der Waals surface area contributed by atoms with Gasteiger partial charge in [0, 0.05) is 37.1 Å². The van der Waals surface area contributed by atoms with E-state index in [4.69, 9.17) is 5.26 Å². The van der Waals surface area contributed by atoms with Crippen LogP contribution in [0.15, 0.2) is 41.6 Å². The molecule has 27 heavy (non-hydrogen) atoms. The maximum atomic E-state index is 12.4. The van der Waals surface area contributed by atoms with Crippen LogP contribution in [0.25, 0.3) is 21.9 Å². The lowest BCUT2D eigenvalue weighted by molar-refractivity contribution is 0.383. The Labute approximate surface area is 154 Å². The van der Waals surface area contributed by atoms with E-state index in [1.807, 2.05) is 23.0 Å². The highest BCUT2D eigenvalue weighted by Gasteiger charge is 2.25. The van der Waals surface area contributed by atoms with Crippen LogP contribution in [0.5, 0.6) is 0 Å². The van der Waals surface area contributed by atoms with Gasteiger partial charge in [0.25, 0.3) is 5.56 Å². The average molecular weight is 359 g/mol. The quantitative estimate of drug-likeness (QED) is 0.571. The highest BCUT2D eigenvalue weighted by atomic mass is 16.1. The van der Waals surface area contributed by atoms with E-state index < -0.39 is 0 Å². The van der Waals surface area contributed by atoms with Crippen LogP contribution < -0.4 is 10.5 Å². The molecule has 134 valence electrons. The molecule has 0 aliphatic carbocycles. The van der Waals surface area contributed by atoms with Gasteiger partial charge in [-0.2, -0.15) is 5.26 Å². The van der Waals surface area contributed by atoms with Gasteiger partial charge in [-0.15, -0.1) is 0 Å². The lowest BCUT2D eigenvalue weighted by Crippen LogP contribution is -2.37. The fourth-order valence-electron chi connectivity index (χ4n) is 3.93. The van der Waals surface area contributed by atoms with Crippen molar-refractivity contribution in [2.75, 3.05) is 18.0 Å². The Morgan fingerprint density at radius 1 is 1.19 bits per heavy atom. The largest absolute Gasteiger partial charge is 0.354 e. The van der Waals surface area contributed by atoms with Gasteiger partial charge in [-0.1, -0.05) is 0 Å². The molecule has 8 nitrogen and oxygen atoms in total. The second kappa shape index (κ2) is 5.99. The zero-order chi connectivity index (χ0) is 18.4. The van der Waals surface area contributed by atoms with Crippen LogP contribution in [0.2, 0.25) is 0 Å². The highest BCUT2D eigenvalue weighted by molar-refractivity contribution is 6.02. The zero-order valence-electron chi connectivity index (χ0n) is 14.5. The number of H-pyrrole nitrogens is 2. The molecule has 2 N–H and O–H groups in total. The standard InChI is InChI=1S/C19H17N7O/c20-8-12-3-4-16(22-9-12)25-7-1-2-13(11-25)26-17-14-5-6-21-18(14)23-10-15(17)19(27)24-26/h3-6,9-10,13H,1-2,7,11H2,(H,21,23)(H,24,27). The van der Waals surface area contributed by atoms with Gasteiger partial charge in [-0.05, 0) is 31.0 Å². The Morgan fingerprint density at radius 2 is 2.11 bits per heavy atom. The van der Waals surface area contributed by atoms with E-state index in [9.17, 15) is 4.79 Å². The summed E-state index contributed by atoms with van der Waals surface area (Å²) in [5, 5.41) is 13.5. The summed E-state index contributed by atoms with van der Waals surface area (Å²) >= 11 is 0. The maximum Gasteiger partial charge on any atom is 0.273 e. The Morgan fingerprint density at radius 3 is 2.93 bits per heavy atom. The molecule has 8 heteroatoms. The summed E-state index contributed by atoms with van der Waals surface area (Å²) in [6.07, 6.45) is 7.04. The number of aromatic amines is 2. The van der Waals surface area contributed by atoms with E-state index in [2.05, 4.69) is 31.0 Å². The van der Waals surface area contributed by atoms with Gasteiger partial charge in [0.05, 0.1) is 22.5 Å². The SMILES string of the molecule is N#Cc1ccc(N2CCCC(n3[nH]c(=O)c4cnc5[nH]ccc5c43)C2)nc1. The number of hydrogen-bond donors (Lipinski definition) is 2. The Kier molecular flexibility index (Phi) is 3.47. The second-order valence-electron chi connectivity index (χ2n) is 6.83. The Hall–Kier alpha value is -3.60. The molecule has 1 fully saturated rings. The third kappa shape index (κ3) is 2.47. The number of hydrogen-bond acceptors (Lipinski definition) is 5. The summed E-state index contributed by atoms with van der Waals surface area (Å²) in [5.74, 6) is 0.853. The van der Waals surface area contributed by atoms with Crippen LogP contribution in [0.1, 0.15) is 24.4 Å². The van der Waals surface area contributed by atoms with E-state index in [1.165, 1.54) is 0 Å². The molecule has 0 radical (unpaired) electrons. The molecule has 1 saturated heterocycles. The van der Waals surface area contributed by atoms with Crippen LogP contribution in [0, 0.1) is 11.3 Å². The number of aromatic nitrogens is 5. The van der Waals surface area contributed by atoms with Crippen molar-refractivity contribution in [3.8, 4) is 6.07 Å². The molecule has 5 heterocycles. The molecule has 1 unspecified atom stereocenters. The molecule has 5 rings (SSSR count). The summed E-state index contributed by atoms with van der Waals surface area (Å²) in [6, 6.07) is 7.84. The van der Waals surface area contributed by atoms with E-state index in [1.54, 1.807) is 18.5 Å². The second-order valence-corrected chi connectivity index (χ2v) is 6.83. The van der Waals surface area contributed by atoms with E-state index >= 15 is 0 Å². The van der Waals surface area contributed by atoms with Gasteiger partial charge in [0.1, 0.15) is 17.5 Å². The van der Waals surface area contributed by atoms with Crippen molar-refractivity contribution in [2.45, 2.75) is 18.9 Å². The van der Waals surface area contributed by atoms with Gasteiger partial charge >= 0.3 is 0 Å². The first-order chi connectivity index (χ1) is 13.2. The van der Waals surface area contributed by atoms with Crippen LogP contribution in [0.3, 0.4) is 0 Å². The van der Waals surface area contributed by atoms with E-state index in [0.29, 0.717) is 10.9 Å². The number of nitrogens with zero attached hydrogens (tertiary/aromatic N) is 5. The van der Waals surface area contributed by atoms with E-state index in [0.717, 1.165) is 48.3 Å². The first-order valence-corrected chi connectivity index (χ1v) is 8.92. The molecule has 1 atom stereocenters. The highest BCUT2D eigenvalue weighted by Crippen LogP contribution is 2.29. The average Bonchev–Trinajstić information content (AvgIpc) is 3.32. The summed E-state index contributed by atoms with van der Waals surface area (Å²) < 4.78 is 1.99. The number of fused-ring (bicyclic) bond motifs is 3. The minimum atomic E-state index is -0.116. The summed E-state index contributed by atoms with van der Waals surface area (Å²) in [5.41, 5.74) is 2.10. The minimum absolute atomic E-state index is 0.116. The fraction of sp³-hybridized carbons (Fsp3) is 0.263. The number of nitriles is 1. The smallest absolute Gasteiger partial charge is 0.273 e. The Bertz CT molecular complexity index is 1230. The summed E-state index contributed by atoms with van der Waals surface area (Å²) in [6.45, 7) is 1.65. The van der Waals surface area contributed by atoms with Crippen molar-refractivity contribution >= 4 is 27.8 Å². The molecule has 1 aliphatic heterocycles. The van der Waals surface area contributed by atoms with Gasteiger partial charge in [-0.25, -0.2) is 9.97 Å². The zero-order valence-corrected chi connectivity index (χ0v) is 14.5. The van der Waals surface area contributed by atoms with Crippen molar-refractivity contribution in [1.29, 1.82) is 5.26 Å².